The Bertz CT molecular complexity index is 405. The lowest BCUT2D eigenvalue weighted by Crippen LogP contribution is -2.06. The minimum Gasteiger partial charge on any atom is -0.363 e. The van der Waals surface area contributed by atoms with Crippen molar-refractivity contribution in [2.24, 2.45) is 0 Å². The highest BCUT2D eigenvalue weighted by molar-refractivity contribution is 5.37. The van der Waals surface area contributed by atoms with Gasteiger partial charge in [0.05, 0.1) is 12.2 Å². The zero-order chi connectivity index (χ0) is 10.7. The van der Waals surface area contributed by atoms with Gasteiger partial charge in [0.15, 0.2) is 0 Å². The smallest absolute Gasteiger partial charge is 0.126 e. The molecule has 1 unspecified atom stereocenters. The number of rotatable bonds is 3. The van der Waals surface area contributed by atoms with E-state index in [0.717, 1.165) is 16.9 Å². The molecule has 4 heteroatoms. The summed E-state index contributed by atoms with van der Waals surface area (Å²) in [5, 5.41) is 10.0. The Labute approximate surface area is 88.8 Å². The van der Waals surface area contributed by atoms with Crippen LogP contribution < -0.4 is 5.32 Å². The van der Waals surface area contributed by atoms with Crippen LogP contribution in [0.2, 0.25) is 0 Å². The van der Waals surface area contributed by atoms with E-state index in [1.165, 1.54) is 0 Å². The van der Waals surface area contributed by atoms with Crippen molar-refractivity contribution in [1.82, 2.24) is 15.2 Å². The first-order valence-electron chi connectivity index (χ1n) is 4.93. The molecule has 0 aromatic carbocycles. The lowest BCUT2D eigenvalue weighted by molar-refractivity contribution is 0.875. The van der Waals surface area contributed by atoms with Gasteiger partial charge in [-0.1, -0.05) is 6.07 Å². The molecule has 15 heavy (non-hydrogen) atoms. The molecule has 2 aromatic rings. The molecule has 1 atom stereocenters. The van der Waals surface area contributed by atoms with E-state index in [1.807, 2.05) is 37.6 Å². The molecule has 0 radical (unpaired) electrons. The molecule has 0 spiro atoms. The van der Waals surface area contributed by atoms with Crippen LogP contribution in [-0.4, -0.2) is 15.2 Å². The van der Waals surface area contributed by atoms with Gasteiger partial charge in [-0.05, 0) is 25.5 Å². The maximum absolute atomic E-state index is 4.29. The van der Waals surface area contributed by atoms with Gasteiger partial charge in [0, 0.05) is 18.0 Å². The van der Waals surface area contributed by atoms with Crippen LogP contribution in [0.4, 0.5) is 5.82 Å². The Morgan fingerprint density at radius 1 is 1.33 bits per heavy atom. The second-order valence-electron chi connectivity index (χ2n) is 3.62. The van der Waals surface area contributed by atoms with Crippen LogP contribution in [0.5, 0.6) is 0 Å². The second-order valence-corrected chi connectivity index (χ2v) is 3.62. The van der Waals surface area contributed by atoms with Crippen molar-refractivity contribution in [3.8, 4) is 0 Å². The highest BCUT2D eigenvalue weighted by Crippen LogP contribution is 2.15. The molecule has 0 amide bonds. The van der Waals surface area contributed by atoms with Crippen molar-refractivity contribution in [3.05, 3.63) is 41.9 Å². The van der Waals surface area contributed by atoms with E-state index >= 15 is 0 Å². The van der Waals surface area contributed by atoms with Gasteiger partial charge in [-0.15, -0.1) is 0 Å². The molecule has 0 saturated carbocycles. The van der Waals surface area contributed by atoms with Crippen molar-refractivity contribution in [3.63, 3.8) is 0 Å². The van der Waals surface area contributed by atoms with Crippen LogP contribution in [0.25, 0.3) is 0 Å². The van der Waals surface area contributed by atoms with E-state index in [2.05, 4.69) is 27.4 Å². The number of aromatic nitrogens is 3. The molecule has 2 N–H and O–H groups in total. The first kappa shape index (κ1) is 9.71. The van der Waals surface area contributed by atoms with E-state index in [-0.39, 0.29) is 6.04 Å². The van der Waals surface area contributed by atoms with Gasteiger partial charge in [-0.3, -0.25) is 5.10 Å². The lowest BCUT2D eigenvalue weighted by Gasteiger charge is -2.12. The Kier molecular flexibility index (Phi) is 2.67. The third-order valence-corrected chi connectivity index (χ3v) is 2.30. The molecule has 0 saturated heterocycles. The summed E-state index contributed by atoms with van der Waals surface area (Å²) in [7, 11) is 0. The van der Waals surface area contributed by atoms with E-state index < -0.39 is 0 Å². The number of hydrogen-bond acceptors (Lipinski definition) is 3. The SMILES string of the molecule is Cc1ccc(NC(C)c2cn[nH]c2)nc1. The van der Waals surface area contributed by atoms with Crippen LogP contribution in [0.1, 0.15) is 24.1 Å². The number of nitrogens with one attached hydrogen (secondary N) is 2. The molecule has 2 aromatic heterocycles. The number of aromatic amines is 1. The predicted molar refractivity (Wildman–Crippen MR) is 59.6 cm³/mol. The molecule has 4 nitrogen and oxygen atoms in total. The molecule has 0 bridgehead atoms. The molecule has 0 aliphatic rings. The Morgan fingerprint density at radius 2 is 2.20 bits per heavy atom. The fourth-order valence-electron chi connectivity index (χ4n) is 1.36. The summed E-state index contributed by atoms with van der Waals surface area (Å²) in [5.41, 5.74) is 2.29. The lowest BCUT2D eigenvalue weighted by atomic mass is 10.2. The molecule has 78 valence electrons. The van der Waals surface area contributed by atoms with E-state index in [9.17, 15) is 0 Å². The summed E-state index contributed by atoms with van der Waals surface area (Å²) in [6.07, 6.45) is 5.54. The summed E-state index contributed by atoms with van der Waals surface area (Å²) in [6.45, 7) is 4.10. The Balaban J connectivity index is 2.06. The predicted octanol–water partition coefficient (Wildman–Crippen LogP) is 2.29. The molecular weight excluding hydrogens is 188 g/mol. The van der Waals surface area contributed by atoms with Crippen molar-refractivity contribution < 1.29 is 0 Å². The standard InChI is InChI=1S/C11H14N4/c1-8-3-4-11(12-5-8)15-9(2)10-6-13-14-7-10/h3-7,9H,1-2H3,(H,12,15)(H,13,14). The fraction of sp³-hybridized carbons (Fsp3) is 0.273. The maximum atomic E-state index is 4.29. The van der Waals surface area contributed by atoms with Crippen molar-refractivity contribution in [2.75, 3.05) is 5.32 Å². The molecular formula is C11H14N4. The number of aryl methyl sites for hydroxylation is 1. The van der Waals surface area contributed by atoms with Crippen molar-refractivity contribution in [1.29, 1.82) is 0 Å². The highest BCUT2D eigenvalue weighted by atomic mass is 15.1. The normalized spacial score (nSPS) is 12.4. The molecule has 0 aliphatic carbocycles. The van der Waals surface area contributed by atoms with Gasteiger partial charge in [0.2, 0.25) is 0 Å². The Hall–Kier alpha value is -1.84. The van der Waals surface area contributed by atoms with E-state index in [4.69, 9.17) is 0 Å². The van der Waals surface area contributed by atoms with Crippen LogP contribution >= 0.6 is 0 Å². The average Bonchev–Trinajstić information content (AvgIpc) is 2.74. The summed E-state index contributed by atoms with van der Waals surface area (Å²) < 4.78 is 0. The topological polar surface area (TPSA) is 53.6 Å². The number of H-pyrrole nitrogens is 1. The summed E-state index contributed by atoms with van der Waals surface area (Å²) in [6, 6.07) is 4.22. The van der Waals surface area contributed by atoms with Gasteiger partial charge in [0.1, 0.15) is 5.82 Å². The first-order valence-corrected chi connectivity index (χ1v) is 4.93. The molecule has 2 heterocycles. The molecule has 0 aliphatic heterocycles. The van der Waals surface area contributed by atoms with E-state index in [0.29, 0.717) is 0 Å². The van der Waals surface area contributed by atoms with Crippen LogP contribution in [0.15, 0.2) is 30.7 Å². The van der Waals surface area contributed by atoms with Gasteiger partial charge >= 0.3 is 0 Å². The van der Waals surface area contributed by atoms with Crippen LogP contribution in [-0.2, 0) is 0 Å². The first-order chi connectivity index (χ1) is 7.25. The number of pyridine rings is 1. The monoisotopic (exact) mass is 202 g/mol. The minimum absolute atomic E-state index is 0.207. The van der Waals surface area contributed by atoms with Gasteiger partial charge in [-0.25, -0.2) is 4.98 Å². The van der Waals surface area contributed by atoms with Gasteiger partial charge < -0.3 is 5.32 Å². The fourth-order valence-corrected chi connectivity index (χ4v) is 1.36. The average molecular weight is 202 g/mol. The largest absolute Gasteiger partial charge is 0.363 e. The number of anilines is 1. The molecule has 0 fully saturated rings. The van der Waals surface area contributed by atoms with Gasteiger partial charge in [0.25, 0.3) is 0 Å². The quantitative estimate of drug-likeness (QED) is 0.802. The minimum atomic E-state index is 0.207. The van der Waals surface area contributed by atoms with E-state index in [1.54, 1.807) is 0 Å². The third-order valence-electron chi connectivity index (χ3n) is 2.30. The van der Waals surface area contributed by atoms with Gasteiger partial charge in [-0.2, -0.15) is 5.10 Å². The summed E-state index contributed by atoms with van der Waals surface area (Å²) in [4.78, 5) is 4.29. The molecule has 2 rings (SSSR count). The summed E-state index contributed by atoms with van der Waals surface area (Å²) >= 11 is 0. The van der Waals surface area contributed by atoms with Crippen LogP contribution in [0, 0.1) is 6.92 Å². The zero-order valence-corrected chi connectivity index (χ0v) is 8.86. The Morgan fingerprint density at radius 3 is 2.80 bits per heavy atom. The third kappa shape index (κ3) is 2.34. The number of hydrogen-bond donors (Lipinski definition) is 2. The maximum Gasteiger partial charge on any atom is 0.126 e. The van der Waals surface area contributed by atoms with Crippen LogP contribution in [0.3, 0.4) is 0 Å². The highest BCUT2D eigenvalue weighted by Gasteiger charge is 2.06. The zero-order valence-electron chi connectivity index (χ0n) is 8.86. The summed E-state index contributed by atoms with van der Waals surface area (Å²) in [5.74, 6) is 0.884. The number of nitrogens with zero attached hydrogens (tertiary/aromatic N) is 2. The van der Waals surface area contributed by atoms with Crippen molar-refractivity contribution in [2.45, 2.75) is 19.9 Å². The van der Waals surface area contributed by atoms with Crippen molar-refractivity contribution >= 4 is 5.82 Å². The second kappa shape index (κ2) is 4.13.